The van der Waals surface area contributed by atoms with Crippen molar-refractivity contribution < 1.29 is 36.6 Å². The van der Waals surface area contributed by atoms with Gasteiger partial charge in [-0.15, -0.1) is 0 Å². The van der Waals surface area contributed by atoms with Gasteiger partial charge in [0, 0.05) is 11.6 Å². The summed E-state index contributed by atoms with van der Waals surface area (Å²) in [6.07, 6.45) is 0. The van der Waals surface area contributed by atoms with Gasteiger partial charge in [0.25, 0.3) is 10.0 Å². The van der Waals surface area contributed by atoms with E-state index in [1.54, 1.807) is 25.1 Å². The first-order valence-electron chi connectivity index (χ1n) is 11.4. The van der Waals surface area contributed by atoms with Gasteiger partial charge in [0.15, 0.2) is 11.5 Å². The van der Waals surface area contributed by atoms with Crippen molar-refractivity contribution in [3.63, 3.8) is 0 Å². The molecule has 1 heterocycles. The van der Waals surface area contributed by atoms with Crippen LogP contribution in [0.15, 0.2) is 65.6 Å². The minimum Gasteiger partial charge on any atom is -0.497 e. The van der Waals surface area contributed by atoms with E-state index in [1.807, 2.05) is 0 Å². The van der Waals surface area contributed by atoms with Gasteiger partial charge in [-0.1, -0.05) is 0 Å². The van der Waals surface area contributed by atoms with Crippen molar-refractivity contribution in [1.29, 1.82) is 0 Å². The quantitative estimate of drug-likeness (QED) is 0.450. The minimum absolute atomic E-state index is 0.101. The third kappa shape index (κ3) is 5.72. The molecule has 37 heavy (non-hydrogen) atoms. The van der Waals surface area contributed by atoms with E-state index in [0.717, 1.165) is 16.4 Å². The van der Waals surface area contributed by atoms with Crippen LogP contribution in [-0.2, 0) is 14.8 Å². The number of nitrogens with zero attached hydrogens (tertiary/aromatic N) is 1. The fourth-order valence-corrected chi connectivity index (χ4v) is 5.34. The molecule has 4 rings (SSSR count). The SMILES string of the molecule is COc1ccc(OC)c([C@H](C)NC(=O)CN(c2ccc(F)cc2)S(=O)(=O)c2ccc3c(c2)OCCO3)c1. The number of benzene rings is 3. The Balaban J connectivity index is 1.63. The number of carbonyl (C=O) groups excluding carboxylic acids is 1. The normalized spacial score (nSPS) is 13.4. The lowest BCUT2D eigenvalue weighted by Crippen LogP contribution is -2.41. The van der Waals surface area contributed by atoms with Crippen LogP contribution >= 0.6 is 0 Å². The Morgan fingerprint density at radius 2 is 1.70 bits per heavy atom. The smallest absolute Gasteiger partial charge is 0.264 e. The fourth-order valence-electron chi connectivity index (χ4n) is 3.91. The monoisotopic (exact) mass is 530 g/mol. The fraction of sp³-hybridized carbons (Fsp3) is 0.269. The number of amides is 1. The Labute approximate surface area is 214 Å². The number of anilines is 1. The molecular weight excluding hydrogens is 503 g/mol. The topological polar surface area (TPSA) is 103 Å². The minimum atomic E-state index is -4.25. The Kier molecular flexibility index (Phi) is 7.72. The van der Waals surface area contributed by atoms with Crippen LogP contribution in [0.2, 0.25) is 0 Å². The predicted octanol–water partition coefficient (Wildman–Crippen LogP) is 3.69. The second kappa shape index (κ2) is 11.0. The molecular formula is C26H27FN2O7S. The second-order valence-electron chi connectivity index (χ2n) is 8.19. The maximum Gasteiger partial charge on any atom is 0.264 e. The zero-order valence-electron chi connectivity index (χ0n) is 20.6. The number of nitrogens with one attached hydrogen (secondary N) is 1. The molecule has 196 valence electrons. The predicted molar refractivity (Wildman–Crippen MR) is 134 cm³/mol. The van der Waals surface area contributed by atoms with Crippen molar-refractivity contribution in [3.05, 3.63) is 72.0 Å². The molecule has 0 unspecified atom stereocenters. The van der Waals surface area contributed by atoms with Gasteiger partial charge in [0.05, 0.1) is 30.8 Å². The van der Waals surface area contributed by atoms with E-state index in [1.165, 1.54) is 44.6 Å². The van der Waals surface area contributed by atoms with Crippen molar-refractivity contribution in [1.82, 2.24) is 5.32 Å². The van der Waals surface area contributed by atoms with Gasteiger partial charge in [-0.05, 0) is 61.5 Å². The number of methoxy groups -OCH3 is 2. The molecule has 1 atom stereocenters. The van der Waals surface area contributed by atoms with Crippen LogP contribution in [-0.4, -0.2) is 48.3 Å². The summed E-state index contributed by atoms with van der Waals surface area (Å²) in [5.74, 6) is 0.706. The van der Waals surface area contributed by atoms with Crippen molar-refractivity contribution in [2.45, 2.75) is 17.9 Å². The summed E-state index contributed by atoms with van der Waals surface area (Å²) in [5.41, 5.74) is 0.774. The average molecular weight is 531 g/mol. The molecule has 3 aromatic rings. The number of sulfonamides is 1. The lowest BCUT2D eigenvalue weighted by Gasteiger charge is -2.26. The summed E-state index contributed by atoms with van der Waals surface area (Å²) in [5, 5.41) is 2.81. The number of carbonyl (C=O) groups is 1. The number of hydrogen-bond acceptors (Lipinski definition) is 7. The van der Waals surface area contributed by atoms with Gasteiger partial charge in [0.2, 0.25) is 5.91 Å². The van der Waals surface area contributed by atoms with Crippen LogP contribution < -0.4 is 28.6 Å². The summed E-state index contributed by atoms with van der Waals surface area (Å²) in [7, 11) is -1.21. The first-order chi connectivity index (χ1) is 17.7. The molecule has 0 saturated carbocycles. The maximum absolute atomic E-state index is 13.7. The lowest BCUT2D eigenvalue weighted by molar-refractivity contribution is -0.120. The molecule has 1 amide bonds. The molecule has 0 spiro atoms. The third-order valence-electron chi connectivity index (χ3n) is 5.78. The molecule has 1 aliphatic heterocycles. The first kappa shape index (κ1) is 26.1. The van der Waals surface area contributed by atoms with Crippen LogP contribution in [0.3, 0.4) is 0 Å². The van der Waals surface area contributed by atoms with Crippen molar-refractivity contribution in [2.24, 2.45) is 0 Å². The highest BCUT2D eigenvalue weighted by Crippen LogP contribution is 2.34. The Morgan fingerprint density at radius 1 is 1.00 bits per heavy atom. The van der Waals surface area contributed by atoms with Gasteiger partial charge in [-0.2, -0.15) is 0 Å². The van der Waals surface area contributed by atoms with Gasteiger partial charge in [0.1, 0.15) is 37.1 Å². The Bertz CT molecular complexity index is 1380. The van der Waals surface area contributed by atoms with E-state index >= 15 is 0 Å². The standard InChI is InChI=1S/C26H27FN2O7S/c1-17(22-14-20(33-2)8-10-23(22)34-3)28-26(30)16-29(19-6-4-18(27)5-7-19)37(31,32)21-9-11-24-25(15-21)36-13-12-35-24/h4-11,14-15,17H,12-13,16H2,1-3H3,(H,28,30)/t17-/m0/s1. The molecule has 1 aliphatic rings. The molecule has 1 N–H and O–H groups in total. The van der Waals surface area contributed by atoms with Gasteiger partial charge >= 0.3 is 0 Å². The highest BCUT2D eigenvalue weighted by Gasteiger charge is 2.29. The van der Waals surface area contributed by atoms with Gasteiger partial charge in [-0.3, -0.25) is 9.10 Å². The number of ether oxygens (including phenoxy) is 4. The van der Waals surface area contributed by atoms with E-state index in [0.29, 0.717) is 29.4 Å². The first-order valence-corrected chi connectivity index (χ1v) is 12.9. The summed E-state index contributed by atoms with van der Waals surface area (Å²) >= 11 is 0. The van der Waals surface area contributed by atoms with Crippen LogP contribution in [0.1, 0.15) is 18.5 Å². The van der Waals surface area contributed by atoms with E-state index < -0.39 is 34.3 Å². The lowest BCUT2D eigenvalue weighted by atomic mass is 10.1. The molecule has 0 saturated heterocycles. The summed E-state index contributed by atoms with van der Waals surface area (Å²) in [4.78, 5) is 13.0. The zero-order valence-corrected chi connectivity index (χ0v) is 21.4. The number of rotatable bonds is 9. The second-order valence-corrected chi connectivity index (χ2v) is 10.1. The van der Waals surface area contributed by atoms with Crippen molar-refractivity contribution in [2.75, 3.05) is 38.3 Å². The van der Waals surface area contributed by atoms with E-state index in [4.69, 9.17) is 18.9 Å². The molecule has 11 heteroatoms. The molecule has 0 aromatic heterocycles. The largest absolute Gasteiger partial charge is 0.497 e. The maximum atomic E-state index is 13.7. The summed E-state index contributed by atoms with van der Waals surface area (Å²) in [6, 6.07) is 13.7. The van der Waals surface area contributed by atoms with Crippen LogP contribution in [0, 0.1) is 5.82 Å². The van der Waals surface area contributed by atoms with E-state index in [9.17, 15) is 17.6 Å². The van der Waals surface area contributed by atoms with Gasteiger partial charge in [-0.25, -0.2) is 12.8 Å². The number of halogens is 1. The van der Waals surface area contributed by atoms with Crippen molar-refractivity contribution >= 4 is 21.6 Å². The van der Waals surface area contributed by atoms with Crippen LogP contribution in [0.4, 0.5) is 10.1 Å². The highest BCUT2D eigenvalue weighted by molar-refractivity contribution is 7.92. The third-order valence-corrected chi connectivity index (χ3v) is 7.55. The van der Waals surface area contributed by atoms with E-state index in [-0.39, 0.29) is 22.9 Å². The molecule has 0 radical (unpaired) electrons. The number of fused-ring (bicyclic) bond motifs is 1. The van der Waals surface area contributed by atoms with Crippen LogP contribution in [0.5, 0.6) is 23.0 Å². The van der Waals surface area contributed by atoms with Gasteiger partial charge < -0.3 is 24.3 Å². The summed E-state index contributed by atoms with van der Waals surface area (Å²) < 4.78 is 63.6. The molecule has 0 fully saturated rings. The number of hydrogen-bond donors (Lipinski definition) is 1. The van der Waals surface area contributed by atoms with Crippen LogP contribution in [0.25, 0.3) is 0 Å². The van der Waals surface area contributed by atoms with Crippen molar-refractivity contribution in [3.8, 4) is 23.0 Å². The van der Waals surface area contributed by atoms with E-state index in [2.05, 4.69) is 5.32 Å². The molecule has 9 nitrogen and oxygen atoms in total. The average Bonchev–Trinajstić information content (AvgIpc) is 2.91. The zero-order chi connectivity index (χ0) is 26.6. The molecule has 0 bridgehead atoms. The Morgan fingerprint density at radius 3 is 2.38 bits per heavy atom. The highest BCUT2D eigenvalue weighted by atomic mass is 32.2. The Hall–Kier alpha value is -3.99. The molecule has 3 aromatic carbocycles. The molecule has 0 aliphatic carbocycles. The summed E-state index contributed by atoms with van der Waals surface area (Å²) in [6.45, 7) is 1.83.